The molecule has 104 valence electrons. The van der Waals surface area contributed by atoms with Crippen molar-refractivity contribution in [2.75, 3.05) is 0 Å². The van der Waals surface area contributed by atoms with Crippen molar-refractivity contribution in [3.05, 3.63) is 41.2 Å². The zero-order valence-electron chi connectivity index (χ0n) is 12.7. The molecule has 3 heteroatoms. The van der Waals surface area contributed by atoms with Gasteiger partial charge in [-0.3, -0.25) is 9.36 Å². The van der Waals surface area contributed by atoms with Gasteiger partial charge in [-0.1, -0.05) is 19.9 Å². The van der Waals surface area contributed by atoms with Crippen molar-refractivity contribution in [2.24, 2.45) is 5.92 Å². The molecule has 0 aliphatic carbocycles. The predicted molar refractivity (Wildman–Crippen MR) is 81.0 cm³/mol. The van der Waals surface area contributed by atoms with E-state index in [0.29, 0.717) is 5.92 Å². The van der Waals surface area contributed by atoms with Crippen LogP contribution in [0.2, 0.25) is 0 Å². The molecule has 1 aromatic carbocycles. The molecule has 0 saturated heterocycles. The third-order valence-electron chi connectivity index (χ3n) is 4.21. The highest BCUT2D eigenvalue weighted by atomic mass is 16.2. The van der Waals surface area contributed by atoms with Gasteiger partial charge in [0, 0.05) is 11.5 Å². The Morgan fingerprint density at radius 1 is 1.25 bits per heavy atom. The first-order valence-electron chi connectivity index (χ1n) is 7.08. The minimum Gasteiger partial charge on any atom is -0.269 e. The number of hydrogen-bond donors (Lipinski definition) is 0. The first-order chi connectivity index (χ1) is 9.32. The maximum Gasteiger partial charge on any atom is 0.256 e. The number of carbonyl (C=O) groups excluding carboxylic acids is 1. The van der Waals surface area contributed by atoms with E-state index in [4.69, 9.17) is 4.98 Å². The van der Waals surface area contributed by atoms with Gasteiger partial charge in [0.1, 0.15) is 5.82 Å². The lowest BCUT2D eigenvalue weighted by Crippen LogP contribution is -2.34. The van der Waals surface area contributed by atoms with Crippen LogP contribution in [0.25, 0.3) is 11.0 Å². The second-order valence-electron chi connectivity index (χ2n) is 6.48. The van der Waals surface area contributed by atoms with Gasteiger partial charge < -0.3 is 0 Å². The zero-order chi connectivity index (χ0) is 14.7. The smallest absolute Gasteiger partial charge is 0.256 e. The van der Waals surface area contributed by atoms with Crippen LogP contribution in [-0.2, 0) is 5.41 Å². The Morgan fingerprint density at radius 2 is 1.95 bits per heavy atom. The van der Waals surface area contributed by atoms with Crippen molar-refractivity contribution in [1.82, 2.24) is 9.55 Å². The molecule has 3 rings (SSSR count). The number of fused-ring (bicyclic) bond motifs is 3. The van der Waals surface area contributed by atoms with Gasteiger partial charge in [-0.15, -0.1) is 0 Å². The monoisotopic (exact) mass is 268 g/mol. The van der Waals surface area contributed by atoms with Crippen LogP contribution in [0.15, 0.2) is 29.8 Å². The van der Waals surface area contributed by atoms with E-state index in [1.165, 1.54) is 0 Å². The fourth-order valence-corrected chi connectivity index (χ4v) is 3.22. The number of nitrogens with zero attached hydrogens (tertiary/aromatic N) is 2. The standard InChI is InChI=1S/C17H20N2O/c1-10(2)12-9-15(20)19-14-8-11(3)6-7-13(14)18-16(19)17(12,4)5/h6-10H,1-5H3. The van der Waals surface area contributed by atoms with Crippen LogP contribution in [0.1, 0.15) is 43.9 Å². The Kier molecular flexibility index (Phi) is 2.65. The molecule has 1 aliphatic rings. The minimum atomic E-state index is -0.213. The van der Waals surface area contributed by atoms with Gasteiger partial charge in [0.2, 0.25) is 0 Å². The van der Waals surface area contributed by atoms with Gasteiger partial charge in [0.05, 0.1) is 11.0 Å². The third-order valence-corrected chi connectivity index (χ3v) is 4.21. The van der Waals surface area contributed by atoms with Crippen molar-refractivity contribution < 1.29 is 4.79 Å². The van der Waals surface area contributed by atoms with Crippen molar-refractivity contribution in [3.63, 3.8) is 0 Å². The summed E-state index contributed by atoms with van der Waals surface area (Å²) in [6, 6.07) is 6.07. The van der Waals surface area contributed by atoms with E-state index in [9.17, 15) is 4.79 Å². The van der Waals surface area contributed by atoms with Crippen LogP contribution in [0.4, 0.5) is 0 Å². The topological polar surface area (TPSA) is 34.9 Å². The molecule has 3 nitrogen and oxygen atoms in total. The number of rotatable bonds is 1. The van der Waals surface area contributed by atoms with Crippen molar-refractivity contribution in [2.45, 2.75) is 40.0 Å². The lowest BCUT2D eigenvalue weighted by Gasteiger charge is -2.33. The molecule has 2 heterocycles. The van der Waals surface area contributed by atoms with Gasteiger partial charge in [-0.05, 0) is 50.0 Å². The van der Waals surface area contributed by atoms with Gasteiger partial charge in [-0.2, -0.15) is 0 Å². The Hall–Kier alpha value is -1.90. The molecule has 0 fully saturated rings. The fourth-order valence-electron chi connectivity index (χ4n) is 3.22. The average molecular weight is 268 g/mol. The van der Waals surface area contributed by atoms with Gasteiger partial charge in [0.15, 0.2) is 0 Å². The molecule has 0 radical (unpaired) electrons. The van der Waals surface area contributed by atoms with Gasteiger partial charge >= 0.3 is 0 Å². The summed E-state index contributed by atoms with van der Waals surface area (Å²) in [5, 5.41) is 0. The number of aromatic nitrogens is 2. The second kappa shape index (κ2) is 4.05. The molecule has 0 unspecified atom stereocenters. The summed E-state index contributed by atoms with van der Waals surface area (Å²) in [7, 11) is 0. The summed E-state index contributed by atoms with van der Waals surface area (Å²) in [6.45, 7) is 10.6. The molecule has 1 aliphatic heterocycles. The van der Waals surface area contributed by atoms with Crippen LogP contribution < -0.4 is 0 Å². The number of aryl methyl sites for hydroxylation is 1. The van der Waals surface area contributed by atoms with E-state index in [2.05, 4.69) is 27.7 Å². The summed E-state index contributed by atoms with van der Waals surface area (Å²) in [5.41, 5.74) is 3.89. The van der Waals surface area contributed by atoms with Crippen LogP contribution in [0, 0.1) is 12.8 Å². The summed E-state index contributed by atoms with van der Waals surface area (Å²) in [4.78, 5) is 17.3. The van der Waals surface area contributed by atoms with Crippen LogP contribution in [0.3, 0.4) is 0 Å². The number of benzene rings is 1. The Morgan fingerprint density at radius 3 is 2.60 bits per heavy atom. The molecule has 2 aromatic rings. The minimum absolute atomic E-state index is 0.0242. The lowest BCUT2D eigenvalue weighted by atomic mass is 9.76. The van der Waals surface area contributed by atoms with Crippen LogP contribution >= 0.6 is 0 Å². The summed E-state index contributed by atoms with van der Waals surface area (Å²) in [6.07, 6.45) is 1.79. The number of imidazole rings is 1. The molecule has 0 spiro atoms. The van der Waals surface area contributed by atoms with Crippen molar-refractivity contribution >= 4 is 16.9 Å². The Bertz CT molecular complexity index is 748. The second-order valence-corrected chi connectivity index (χ2v) is 6.48. The molecule has 1 aromatic heterocycles. The van der Waals surface area contributed by atoms with Gasteiger partial charge in [0.25, 0.3) is 5.91 Å². The molecule has 0 saturated carbocycles. The van der Waals surface area contributed by atoms with Crippen molar-refractivity contribution in [3.8, 4) is 0 Å². The molecule has 0 atom stereocenters. The summed E-state index contributed by atoms with van der Waals surface area (Å²) in [5.74, 6) is 1.22. The zero-order valence-corrected chi connectivity index (χ0v) is 12.7. The maximum atomic E-state index is 12.5. The number of carbonyl (C=O) groups is 1. The lowest BCUT2D eigenvalue weighted by molar-refractivity contribution is 0.0956. The van der Waals surface area contributed by atoms with E-state index in [-0.39, 0.29) is 11.3 Å². The van der Waals surface area contributed by atoms with E-state index < -0.39 is 0 Å². The number of hydrogen-bond acceptors (Lipinski definition) is 2. The number of allylic oxidation sites excluding steroid dienone is 2. The quantitative estimate of drug-likeness (QED) is 0.787. The van der Waals surface area contributed by atoms with Crippen LogP contribution in [-0.4, -0.2) is 15.5 Å². The highest BCUT2D eigenvalue weighted by Crippen LogP contribution is 2.39. The Balaban J connectivity index is 2.35. The molecule has 0 amide bonds. The van der Waals surface area contributed by atoms with E-state index >= 15 is 0 Å². The first kappa shape index (κ1) is 13.1. The van der Waals surface area contributed by atoms with Crippen LogP contribution in [0.5, 0.6) is 0 Å². The normalized spacial score (nSPS) is 17.5. The predicted octanol–water partition coefficient (Wildman–Crippen LogP) is 3.86. The molecule has 20 heavy (non-hydrogen) atoms. The largest absolute Gasteiger partial charge is 0.269 e. The summed E-state index contributed by atoms with van der Waals surface area (Å²) < 4.78 is 1.77. The highest BCUT2D eigenvalue weighted by Gasteiger charge is 2.38. The SMILES string of the molecule is Cc1ccc2nc3n(c2c1)C(=O)C=C(C(C)C)C3(C)C. The average Bonchev–Trinajstić information content (AvgIpc) is 2.73. The van der Waals surface area contributed by atoms with Gasteiger partial charge in [-0.25, -0.2) is 4.98 Å². The molecule has 0 N–H and O–H groups in total. The summed E-state index contributed by atoms with van der Waals surface area (Å²) >= 11 is 0. The maximum absolute atomic E-state index is 12.5. The third kappa shape index (κ3) is 1.65. The van der Waals surface area contributed by atoms with E-state index in [1.54, 1.807) is 10.6 Å². The van der Waals surface area contributed by atoms with E-state index in [0.717, 1.165) is 28.0 Å². The molecule has 0 bridgehead atoms. The van der Waals surface area contributed by atoms with Crippen molar-refractivity contribution in [1.29, 1.82) is 0 Å². The molecular formula is C17H20N2O. The molecular weight excluding hydrogens is 248 g/mol. The van der Waals surface area contributed by atoms with E-state index in [1.807, 2.05) is 25.1 Å². The highest BCUT2D eigenvalue weighted by molar-refractivity contribution is 6.00. The Labute approximate surface area is 119 Å². The first-order valence-corrected chi connectivity index (χ1v) is 7.08. The fraction of sp³-hybridized carbons (Fsp3) is 0.412.